The van der Waals surface area contributed by atoms with Crippen LogP contribution in [0.4, 0.5) is 11.4 Å². The monoisotopic (exact) mass is 932 g/mol. The van der Waals surface area contributed by atoms with E-state index in [1.54, 1.807) is 0 Å². The van der Waals surface area contributed by atoms with Crippen LogP contribution in [-0.2, 0) is 10.8 Å². The number of hydrogen-bond acceptors (Lipinski definition) is 2. The molecule has 0 fully saturated rings. The van der Waals surface area contributed by atoms with Gasteiger partial charge in [0.15, 0.2) is 0 Å². The number of benzene rings is 10. The van der Waals surface area contributed by atoms with Gasteiger partial charge >= 0.3 is 0 Å². The Bertz CT molecular complexity index is 4360. The van der Waals surface area contributed by atoms with Gasteiger partial charge in [0.25, 0.3) is 0 Å². The van der Waals surface area contributed by atoms with Crippen LogP contribution >= 0.6 is 0 Å². The molecule has 0 radical (unpaired) electrons. The lowest BCUT2D eigenvalue weighted by molar-refractivity contribution is 0.661. The van der Waals surface area contributed by atoms with Crippen LogP contribution in [0.1, 0.15) is 59.2 Å². The zero-order valence-corrected chi connectivity index (χ0v) is 40.6. The summed E-state index contributed by atoms with van der Waals surface area (Å²) in [7, 11) is 0. The topological polar surface area (TPSA) is 21.3 Å². The van der Waals surface area contributed by atoms with Crippen LogP contribution in [0, 0.1) is 0 Å². The third-order valence-corrected chi connectivity index (χ3v) is 17.1. The van der Waals surface area contributed by atoms with E-state index in [1.807, 2.05) is 0 Å². The van der Waals surface area contributed by atoms with E-state index < -0.39 is 5.41 Å². The summed E-state index contributed by atoms with van der Waals surface area (Å²) in [6, 6.07) is 81.4. The Labute approximate surface area is 424 Å². The van der Waals surface area contributed by atoms with Crippen LogP contribution in [0.2, 0.25) is 0 Å². The Morgan fingerprint density at radius 1 is 0.466 bits per heavy atom. The Morgan fingerprint density at radius 2 is 1.07 bits per heavy atom. The van der Waals surface area contributed by atoms with Crippen molar-refractivity contribution in [3.8, 4) is 39.1 Å². The Morgan fingerprint density at radius 3 is 1.82 bits per heavy atom. The van der Waals surface area contributed by atoms with Gasteiger partial charge < -0.3 is 13.9 Å². The normalized spacial score (nSPS) is 16.1. The maximum absolute atomic E-state index is 6.63. The summed E-state index contributed by atoms with van der Waals surface area (Å²) in [5.74, 6) is 0. The smallest absolute Gasteiger partial charge is 0.137 e. The number of allylic oxidation sites excluding steroid dienone is 2. The van der Waals surface area contributed by atoms with E-state index in [9.17, 15) is 0 Å². The van der Waals surface area contributed by atoms with Crippen LogP contribution in [0.3, 0.4) is 0 Å². The minimum absolute atomic E-state index is 0.00360. The number of anilines is 2. The van der Waals surface area contributed by atoms with E-state index >= 15 is 0 Å². The molecule has 0 amide bonds. The van der Waals surface area contributed by atoms with Gasteiger partial charge in [-0.05, 0) is 139 Å². The van der Waals surface area contributed by atoms with Gasteiger partial charge in [-0.15, -0.1) is 0 Å². The van der Waals surface area contributed by atoms with Crippen molar-refractivity contribution < 1.29 is 4.42 Å². The molecular formula is C70H48N2O. The number of para-hydroxylation sites is 2. The summed E-state index contributed by atoms with van der Waals surface area (Å²) in [4.78, 5) is 2.63. The molecule has 344 valence electrons. The van der Waals surface area contributed by atoms with E-state index in [4.69, 9.17) is 4.42 Å². The molecule has 10 aromatic carbocycles. The first-order valence-electron chi connectivity index (χ1n) is 25.8. The number of nitrogens with zero attached hydrogens (tertiary/aromatic N) is 2. The van der Waals surface area contributed by atoms with Crippen molar-refractivity contribution in [1.29, 1.82) is 0 Å². The second-order valence-electron chi connectivity index (χ2n) is 21.0. The maximum Gasteiger partial charge on any atom is 0.137 e. The molecule has 73 heavy (non-hydrogen) atoms. The number of aromatic nitrogens is 1. The quantitative estimate of drug-likeness (QED) is 0.171. The number of fused-ring (bicyclic) bond motifs is 19. The van der Waals surface area contributed by atoms with E-state index in [1.165, 1.54) is 111 Å². The summed E-state index contributed by atoms with van der Waals surface area (Å²) < 4.78 is 9.10. The van der Waals surface area contributed by atoms with E-state index in [-0.39, 0.29) is 11.5 Å². The van der Waals surface area contributed by atoms with Gasteiger partial charge in [-0.25, -0.2) is 0 Å². The van der Waals surface area contributed by atoms with Crippen molar-refractivity contribution in [2.45, 2.75) is 37.1 Å². The molecule has 1 spiro atoms. The van der Waals surface area contributed by atoms with Crippen LogP contribution in [0.5, 0.6) is 0 Å². The summed E-state index contributed by atoms with van der Waals surface area (Å²) in [5.41, 5.74) is 25.7. The molecule has 4 aliphatic rings. The fourth-order valence-corrected chi connectivity index (χ4v) is 14.0. The number of furan rings is 1. The highest BCUT2D eigenvalue weighted by Crippen LogP contribution is 2.65. The van der Waals surface area contributed by atoms with Crippen LogP contribution in [0.25, 0.3) is 88.4 Å². The molecule has 0 bridgehead atoms. The third kappa shape index (κ3) is 5.38. The van der Waals surface area contributed by atoms with Crippen molar-refractivity contribution >= 4 is 60.7 Å². The molecule has 12 aromatic rings. The highest BCUT2D eigenvalue weighted by Gasteiger charge is 2.52. The van der Waals surface area contributed by atoms with Gasteiger partial charge in [0.05, 0.1) is 33.6 Å². The van der Waals surface area contributed by atoms with Crippen molar-refractivity contribution in [3.63, 3.8) is 0 Å². The predicted octanol–water partition coefficient (Wildman–Crippen LogP) is 17.9. The van der Waals surface area contributed by atoms with Gasteiger partial charge in [0.2, 0.25) is 0 Å². The molecule has 4 aliphatic carbocycles. The SMILES string of the molecule is CC1(C)c2ccccc2-c2cc3c4cc(C5=CCC(N(c6cccc7c6-c6ccccc6C76c7ccccc7-c7ccccc76)c6cccc7oc8ccccc8c67)C=C5)ccc4n(-c4ccccc4)c3cc21. The fraction of sp³-hybridized carbons (Fsp3) is 0.0857. The van der Waals surface area contributed by atoms with Crippen molar-refractivity contribution in [1.82, 2.24) is 4.57 Å². The molecule has 2 aromatic heterocycles. The maximum atomic E-state index is 6.63. The van der Waals surface area contributed by atoms with Crippen molar-refractivity contribution in [2.24, 2.45) is 0 Å². The summed E-state index contributed by atoms with van der Waals surface area (Å²) in [5, 5.41) is 4.80. The van der Waals surface area contributed by atoms with Gasteiger partial charge in [-0.3, -0.25) is 0 Å². The Hall–Kier alpha value is -8.92. The molecule has 1 unspecified atom stereocenters. The molecule has 0 saturated heterocycles. The molecule has 0 saturated carbocycles. The minimum atomic E-state index is -0.452. The fourth-order valence-electron chi connectivity index (χ4n) is 14.0. The van der Waals surface area contributed by atoms with E-state index in [0.29, 0.717) is 0 Å². The van der Waals surface area contributed by atoms with Crippen LogP contribution in [0.15, 0.2) is 241 Å². The summed E-state index contributed by atoms with van der Waals surface area (Å²) >= 11 is 0. The summed E-state index contributed by atoms with van der Waals surface area (Å²) in [6.07, 6.45) is 8.12. The lowest BCUT2D eigenvalue weighted by Gasteiger charge is -2.36. The molecule has 3 nitrogen and oxygen atoms in total. The Kier molecular flexibility index (Phi) is 8.28. The Balaban J connectivity index is 0.876. The standard InChI is InChI=1S/C70H48N2O/c1-69(2)55-25-11-6-22-49(55)52-41-54-53-40-44(36-39-61(53)71(64(54)42-60(52)69)45-18-4-3-5-19-45)43-34-37-46(38-35-43)72(63-31-17-33-66-68(63)51-24-10-15-32-65(51)73-66)62-30-16-29-59-67(62)50-23-9-14-28-58(50)70(59)56-26-12-7-20-47(56)48-21-8-13-27-57(48)70/h3-37,39-42,46H,38H2,1-2H3. The second-order valence-corrected chi connectivity index (χ2v) is 21.0. The molecule has 16 rings (SSSR count). The summed E-state index contributed by atoms with van der Waals surface area (Å²) in [6.45, 7) is 4.75. The van der Waals surface area contributed by atoms with E-state index in [0.717, 1.165) is 34.0 Å². The lowest BCUT2D eigenvalue weighted by atomic mass is 9.70. The highest BCUT2D eigenvalue weighted by atomic mass is 16.3. The first-order valence-corrected chi connectivity index (χ1v) is 25.8. The molecule has 2 heterocycles. The average Bonchev–Trinajstić information content (AvgIpc) is 4.21. The zero-order valence-electron chi connectivity index (χ0n) is 40.6. The third-order valence-electron chi connectivity index (χ3n) is 17.1. The molecule has 1 atom stereocenters. The van der Waals surface area contributed by atoms with Crippen LogP contribution in [-0.4, -0.2) is 10.6 Å². The molecule has 0 N–H and O–H groups in total. The van der Waals surface area contributed by atoms with Gasteiger partial charge in [-0.1, -0.05) is 190 Å². The lowest BCUT2D eigenvalue weighted by Crippen LogP contribution is -2.31. The zero-order chi connectivity index (χ0) is 48.2. The first kappa shape index (κ1) is 40.8. The first-order chi connectivity index (χ1) is 36.0. The van der Waals surface area contributed by atoms with Crippen molar-refractivity contribution in [2.75, 3.05) is 4.90 Å². The number of hydrogen-bond donors (Lipinski definition) is 0. The van der Waals surface area contributed by atoms with Gasteiger partial charge in [0.1, 0.15) is 11.2 Å². The van der Waals surface area contributed by atoms with Gasteiger partial charge in [-0.2, -0.15) is 0 Å². The highest BCUT2D eigenvalue weighted by molar-refractivity contribution is 6.14. The molecule has 0 aliphatic heterocycles. The van der Waals surface area contributed by atoms with Gasteiger partial charge in [0, 0.05) is 38.5 Å². The largest absolute Gasteiger partial charge is 0.456 e. The number of rotatable bonds is 5. The molecule has 3 heteroatoms. The molecular weight excluding hydrogens is 885 g/mol. The average molecular weight is 933 g/mol. The predicted molar refractivity (Wildman–Crippen MR) is 302 cm³/mol. The van der Waals surface area contributed by atoms with Crippen molar-refractivity contribution in [3.05, 3.63) is 276 Å². The second kappa shape index (κ2) is 14.8. The van der Waals surface area contributed by atoms with E-state index in [2.05, 4.69) is 260 Å². The minimum Gasteiger partial charge on any atom is -0.456 e. The van der Waals surface area contributed by atoms with Crippen LogP contribution < -0.4 is 4.90 Å².